The zero-order valence-corrected chi connectivity index (χ0v) is 12.2. The summed E-state index contributed by atoms with van der Waals surface area (Å²) in [5, 5.41) is 16.4. The van der Waals surface area contributed by atoms with E-state index >= 15 is 0 Å². The summed E-state index contributed by atoms with van der Waals surface area (Å²) in [6.07, 6.45) is 2.00. The molecule has 0 aliphatic rings. The van der Waals surface area contributed by atoms with Crippen molar-refractivity contribution >= 4 is 17.0 Å². The SMILES string of the molecule is CCCC(NCc1cccs1)c1cccc([N+](=O)[O-])c1. The molecule has 0 aliphatic heterocycles. The lowest BCUT2D eigenvalue weighted by atomic mass is 10.0. The highest BCUT2D eigenvalue weighted by Gasteiger charge is 2.14. The van der Waals surface area contributed by atoms with Gasteiger partial charge in [0.25, 0.3) is 5.69 Å². The summed E-state index contributed by atoms with van der Waals surface area (Å²) in [4.78, 5) is 11.8. The Balaban J connectivity index is 2.10. The highest BCUT2D eigenvalue weighted by atomic mass is 32.1. The number of hydrogen-bond acceptors (Lipinski definition) is 4. The monoisotopic (exact) mass is 290 g/mol. The van der Waals surface area contributed by atoms with Gasteiger partial charge in [-0.1, -0.05) is 31.5 Å². The van der Waals surface area contributed by atoms with Gasteiger partial charge >= 0.3 is 0 Å². The molecule has 0 amide bonds. The van der Waals surface area contributed by atoms with Crippen LogP contribution < -0.4 is 5.32 Å². The minimum atomic E-state index is -0.341. The topological polar surface area (TPSA) is 55.2 Å². The maximum atomic E-state index is 10.9. The van der Waals surface area contributed by atoms with Gasteiger partial charge in [0.1, 0.15) is 0 Å². The molecular weight excluding hydrogens is 272 g/mol. The van der Waals surface area contributed by atoms with E-state index in [-0.39, 0.29) is 16.7 Å². The molecule has 106 valence electrons. The smallest absolute Gasteiger partial charge is 0.269 e. The van der Waals surface area contributed by atoms with Gasteiger partial charge < -0.3 is 5.32 Å². The van der Waals surface area contributed by atoms with Crippen molar-refractivity contribution < 1.29 is 4.92 Å². The highest BCUT2D eigenvalue weighted by Crippen LogP contribution is 2.23. The van der Waals surface area contributed by atoms with Crippen LogP contribution in [0.2, 0.25) is 0 Å². The van der Waals surface area contributed by atoms with Crippen LogP contribution in [-0.4, -0.2) is 4.92 Å². The number of hydrogen-bond donors (Lipinski definition) is 1. The van der Waals surface area contributed by atoms with Crippen LogP contribution in [0.1, 0.15) is 36.2 Å². The van der Waals surface area contributed by atoms with E-state index in [1.807, 2.05) is 12.1 Å². The van der Waals surface area contributed by atoms with Crippen LogP contribution in [0.3, 0.4) is 0 Å². The first-order chi connectivity index (χ1) is 9.70. The van der Waals surface area contributed by atoms with Crippen molar-refractivity contribution in [2.45, 2.75) is 32.4 Å². The summed E-state index contributed by atoms with van der Waals surface area (Å²) < 4.78 is 0. The Bertz CT molecular complexity index is 555. The van der Waals surface area contributed by atoms with Gasteiger partial charge in [-0.05, 0) is 23.4 Å². The van der Waals surface area contributed by atoms with Crippen molar-refractivity contribution in [1.82, 2.24) is 5.32 Å². The number of non-ortho nitro benzene ring substituents is 1. The second-order valence-electron chi connectivity index (χ2n) is 4.65. The van der Waals surface area contributed by atoms with E-state index in [9.17, 15) is 10.1 Å². The van der Waals surface area contributed by atoms with Crippen molar-refractivity contribution in [2.24, 2.45) is 0 Å². The predicted molar refractivity (Wildman–Crippen MR) is 81.9 cm³/mol. The Kier molecular flexibility index (Phi) is 5.26. The van der Waals surface area contributed by atoms with Crippen molar-refractivity contribution in [2.75, 3.05) is 0 Å². The predicted octanol–water partition coefficient (Wildman–Crippen LogP) is 4.29. The molecular formula is C15H18N2O2S. The molecule has 5 heteroatoms. The van der Waals surface area contributed by atoms with E-state index in [0.29, 0.717) is 0 Å². The zero-order valence-electron chi connectivity index (χ0n) is 11.4. The fourth-order valence-corrected chi connectivity index (χ4v) is 2.82. The summed E-state index contributed by atoms with van der Waals surface area (Å²) in [5.41, 5.74) is 1.14. The fourth-order valence-electron chi connectivity index (χ4n) is 2.17. The molecule has 1 aromatic carbocycles. The molecule has 0 aliphatic carbocycles. The Morgan fingerprint density at radius 3 is 2.85 bits per heavy atom. The van der Waals surface area contributed by atoms with Gasteiger partial charge in [0.2, 0.25) is 0 Å². The van der Waals surface area contributed by atoms with E-state index in [2.05, 4.69) is 23.7 Å². The van der Waals surface area contributed by atoms with Crippen LogP contribution >= 0.6 is 11.3 Å². The number of benzene rings is 1. The van der Waals surface area contributed by atoms with E-state index in [1.165, 1.54) is 10.9 Å². The number of nitro benzene ring substituents is 1. The van der Waals surface area contributed by atoms with E-state index in [0.717, 1.165) is 24.9 Å². The van der Waals surface area contributed by atoms with Gasteiger partial charge in [-0.3, -0.25) is 10.1 Å². The van der Waals surface area contributed by atoms with Crippen LogP contribution in [0, 0.1) is 10.1 Å². The van der Waals surface area contributed by atoms with Gasteiger partial charge in [0.05, 0.1) is 4.92 Å². The van der Waals surface area contributed by atoms with E-state index in [1.54, 1.807) is 23.5 Å². The number of nitrogens with one attached hydrogen (secondary N) is 1. The quantitative estimate of drug-likeness (QED) is 0.611. The van der Waals surface area contributed by atoms with Crippen molar-refractivity contribution in [3.8, 4) is 0 Å². The van der Waals surface area contributed by atoms with Gasteiger partial charge in [0.15, 0.2) is 0 Å². The molecule has 4 nitrogen and oxygen atoms in total. The normalized spacial score (nSPS) is 12.2. The molecule has 20 heavy (non-hydrogen) atoms. The molecule has 1 atom stereocenters. The molecule has 0 saturated heterocycles. The van der Waals surface area contributed by atoms with Gasteiger partial charge in [-0.2, -0.15) is 0 Å². The zero-order chi connectivity index (χ0) is 14.4. The van der Waals surface area contributed by atoms with Crippen molar-refractivity contribution in [3.63, 3.8) is 0 Å². The Hall–Kier alpha value is -1.72. The molecule has 1 unspecified atom stereocenters. The standard InChI is InChI=1S/C15H18N2O2S/c1-2-5-15(16-11-14-8-4-9-20-14)12-6-3-7-13(10-12)17(18)19/h3-4,6-10,15-16H,2,5,11H2,1H3. The van der Waals surface area contributed by atoms with Crippen LogP contribution in [-0.2, 0) is 6.54 Å². The lowest BCUT2D eigenvalue weighted by Crippen LogP contribution is -2.20. The van der Waals surface area contributed by atoms with Crippen molar-refractivity contribution in [1.29, 1.82) is 0 Å². The summed E-state index contributed by atoms with van der Waals surface area (Å²) >= 11 is 1.72. The number of nitrogens with zero attached hydrogens (tertiary/aromatic N) is 1. The molecule has 0 spiro atoms. The second-order valence-corrected chi connectivity index (χ2v) is 5.69. The second kappa shape index (κ2) is 7.17. The van der Waals surface area contributed by atoms with Crippen LogP contribution in [0.15, 0.2) is 41.8 Å². The minimum absolute atomic E-state index is 0.154. The first kappa shape index (κ1) is 14.7. The third-order valence-electron chi connectivity index (χ3n) is 3.16. The molecule has 1 aromatic heterocycles. The lowest BCUT2D eigenvalue weighted by Gasteiger charge is -2.18. The Morgan fingerprint density at radius 1 is 1.35 bits per heavy atom. The number of nitro groups is 1. The lowest BCUT2D eigenvalue weighted by molar-refractivity contribution is -0.384. The maximum absolute atomic E-state index is 10.9. The van der Waals surface area contributed by atoms with Crippen LogP contribution in [0.5, 0.6) is 0 Å². The molecule has 1 heterocycles. The molecule has 0 saturated carbocycles. The summed E-state index contributed by atoms with van der Waals surface area (Å²) in [7, 11) is 0. The molecule has 0 radical (unpaired) electrons. The molecule has 0 fully saturated rings. The van der Waals surface area contributed by atoms with Crippen LogP contribution in [0.25, 0.3) is 0 Å². The molecule has 0 bridgehead atoms. The molecule has 2 aromatic rings. The largest absolute Gasteiger partial charge is 0.305 e. The highest BCUT2D eigenvalue weighted by molar-refractivity contribution is 7.09. The van der Waals surface area contributed by atoms with Crippen LogP contribution in [0.4, 0.5) is 5.69 Å². The first-order valence-electron chi connectivity index (χ1n) is 6.71. The van der Waals surface area contributed by atoms with Gasteiger partial charge in [0, 0.05) is 29.6 Å². The molecule has 1 N–H and O–H groups in total. The minimum Gasteiger partial charge on any atom is -0.305 e. The van der Waals surface area contributed by atoms with Crippen molar-refractivity contribution in [3.05, 3.63) is 62.3 Å². The van der Waals surface area contributed by atoms with Gasteiger partial charge in [-0.15, -0.1) is 11.3 Å². The summed E-state index contributed by atoms with van der Waals surface area (Å²) in [6.45, 7) is 2.92. The first-order valence-corrected chi connectivity index (χ1v) is 7.58. The number of rotatable bonds is 7. The average Bonchev–Trinajstić information content (AvgIpc) is 2.97. The average molecular weight is 290 g/mol. The van der Waals surface area contributed by atoms with E-state index in [4.69, 9.17) is 0 Å². The van der Waals surface area contributed by atoms with E-state index < -0.39 is 0 Å². The number of thiophene rings is 1. The Labute approximate surface area is 122 Å². The summed E-state index contributed by atoms with van der Waals surface area (Å²) in [6, 6.07) is 11.2. The summed E-state index contributed by atoms with van der Waals surface area (Å²) in [5.74, 6) is 0. The molecule has 2 rings (SSSR count). The van der Waals surface area contributed by atoms with Gasteiger partial charge in [-0.25, -0.2) is 0 Å². The third-order valence-corrected chi connectivity index (χ3v) is 4.04. The third kappa shape index (κ3) is 3.88. The Morgan fingerprint density at radius 2 is 2.20 bits per heavy atom. The fraction of sp³-hybridized carbons (Fsp3) is 0.333. The maximum Gasteiger partial charge on any atom is 0.269 e.